The third-order valence-corrected chi connectivity index (χ3v) is 4.24. The molecular weight excluding hydrogens is 316 g/mol. The maximum absolute atomic E-state index is 12.3. The smallest absolute Gasteiger partial charge is 0.238 e. The zero-order valence-electron chi connectivity index (χ0n) is 13.6. The Morgan fingerprint density at radius 3 is 2.43 bits per heavy atom. The number of hydrogen-bond acceptors (Lipinski definition) is 4. The molecule has 0 saturated carbocycles. The first kappa shape index (κ1) is 17.9. The van der Waals surface area contributed by atoms with Crippen LogP contribution in [0.3, 0.4) is 0 Å². The molecule has 5 nitrogen and oxygen atoms in total. The molecule has 3 rings (SSSR count). The van der Waals surface area contributed by atoms with E-state index in [1.165, 1.54) is 19.3 Å². The topological polar surface area (TPSA) is 50.8 Å². The number of halogens is 1. The van der Waals surface area contributed by atoms with Gasteiger partial charge in [-0.2, -0.15) is 0 Å². The minimum Gasteiger partial charge on any atom is -1.00 e. The second-order valence-corrected chi connectivity index (χ2v) is 5.89. The molecular formula is C17H24ClN2O3-. The SMILES string of the molecule is CCc1cc2c(cc1NC(=O)CN1CCCCC1)OCCO2.[Cl-]. The number of hydrogen-bond donors (Lipinski definition) is 1. The van der Waals surface area contributed by atoms with Crippen molar-refractivity contribution in [1.82, 2.24) is 4.90 Å². The van der Waals surface area contributed by atoms with E-state index in [1.54, 1.807) is 0 Å². The van der Waals surface area contributed by atoms with Crippen molar-refractivity contribution in [2.24, 2.45) is 0 Å². The number of anilines is 1. The van der Waals surface area contributed by atoms with E-state index < -0.39 is 0 Å². The molecule has 0 spiro atoms. The molecule has 1 aromatic rings. The van der Waals surface area contributed by atoms with Crippen molar-refractivity contribution in [2.45, 2.75) is 32.6 Å². The number of benzene rings is 1. The molecule has 1 saturated heterocycles. The van der Waals surface area contributed by atoms with Crippen LogP contribution in [0.5, 0.6) is 11.5 Å². The van der Waals surface area contributed by atoms with Crippen molar-refractivity contribution in [3.8, 4) is 11.5 Å². The van der Waals surface area contributed by atoms with Crippen LogP contribution in [-0.2, 0) is 11.2 Å². The maximum atomic E-state index is 12.3. The van der Waals surface area contributed by atoms with E-state index in [2.05, 4.69) is 17.1 Å². The van der Waals surface area contributed by atoms with Crippen molar-refractivity contribution in [3.05, 3.63) is 17.7 Å². The van der Waals surface area contributed by atoms with Crippen LogP contribution in [0.25, 0.3) is 0 Å². The quantitative estimate of drug-likeness (QED) is 0.799. The van der Waals surface area contributed by atoms with E-state index in [0.29, 0.717) is 19.8 Å². The van der Waals surface area contributed by atoms with Gasteiger partial charge in [0.1, 0.15) is 13.2 Å². The Morgan fingerprint density at radius 2 is 1.78 bits per heavy atom. The summed E-state index contributed by atoms with van der Waals surface area (Å²) in [4.78, 5) is 14.5. The normalized spacial score (nSPS) is 17.3. The summed E-state index contributed by atoms with van der Waals surface area (Å²) in [5, 5.41) is 3.04. The zero-order valence-corrected chi connectivity index (χ0v) is 14.3. The molecule has 6 heteroatoms. The molecule has 23 heavy (non-hydrogen) atoms. The van der Waals surface area contributed by atoms with Crippen molar-refractivity contribution in [3.63, 3.8) is 0 Å². The first-order chi connectivity index (χ1) is 10.8. The average Bonchev–Trinajstić information content (AvgIpc) is 2.55. The summed E-state index contributed by atoms with van der Waals surface area (Å²) in [6, 6.07) is 3.87. The van der Waals surface area contributed by atoms with Gasteiger partial charge in [-0.1, -0.05) is 13.3 Å². The molecule has 2 heterocycles. The van der Waals surface area contributed by atoms with Gasteiger partial charge in [-0.15, -0.1) is 0 Å². The van der Waals surface area contributed by atoms with Gasteiger partial charge in [0.2, 0.25) is 5.91 Å². The molecule has 1 amide bonds. The number of nitrogens with one attached hydrogen (secondary N) is 1. The van der Waals surface area contributed by atoms with Crippen LogP contribution in [0, 0.1) is 0 Å². The molecule has 0 atom stereocenters. The summed E-state index contributed by atoms with van der Waals surface area (Å²) in [6.07, 6.45) is 4.51. The minimum atomic E-state index is 0. The fraction of sp³-hybridized carbons (Fsp3) is 0.588. The molecule has 1 fully saturated rings. The Kier molecular flexibility index (Phi) is 6.54. The van der Waals surface area contributed by atoms with Gasteiger partial charge in [0, 0.05) is 11.8 Å². The van der Waals surface area contributed by atoms with Gasteiger partial charge in [0.05, 0.1) is 6.54 Å². The maximum Gasteiger partial charge on any atom is 0.238 e. The van der Waals surface area contributed by atoms with E-state index in [4.69, 9.17) is 9.47 Å². The predicted molar refractivity (Wildman–Crippen MR) is 85.7 cm³/mol. The highest BCUT2D eigenvalue weighted by Crippen LogP contribution is 2.35. The van der Waals surface area contributed by atoms with Crippen molar-refractivity contribution in [1.29, 1.82) is 0 Å². The number of amides is 1. The minimum absolute atomic E-state index is 0. The van der Waals surface area contributed by atoms with Crippen LogP contribution in [0.2, 0.25) is 0 Å². The third-order valence-electron chi connectivity index (χ3n) is 4.24. The van der Waals surface area contributed by atoms with Crippen LogP contribution in [0.15, 0.2) is 12.1 Å². The van der Waals surface area contributed by atoms with E-state index in [-0.39, 0.29) is 18.3 Å². The van der Waals surface area contributed by atoms with Crippen LogP contribution in [0.1, 0.15) is 31.7 Å². The summed E-state index contributed by atoms with van der Waals surface area (Å²) in [7, 11) is 0. The average molecular weight is 340 g/mol. The molecule has 0 aliphatic carbocycles. The second kappa shape index (κ2) is 8.41. The number of likely N-dealkylation sites (tertiary alicyclic amines) is 1. The molecule has 1 N–H and O–H groups in total. The molecule has 0 bridgehead atoms. The zero-order chi connectivity index (χ0) is 15.4. The molecule has 2 aliphatic rings. The van der Waals surface area contributed by atoms with Gasteiger partial charge in [-0.3, -0.25) is 9.69 Å². The predicted octanol–water partition coefficient (Wildman–Crippen LogP) is -0.551. The number of nitrogens with zero attached hydrogens (tertiary/aromatic N) is 1. The molecule has 2 aliphatic heterocycles. The summed E-state index contributed by atoms with van der Waals surface area (Å²) in [6.45, 7) is 5.73. The van der Waals surface area contributed by atoms with Crippen LogP contribution in [-0.4, -0.2) is 43.7 Å². The largest absolute Gasteiger partial charge is 1.00 e. The third kappa shape index (κ3) is 4.52. The monoisotopic (exact) mass is 339 g/mol. The lowest BCUT2D eigenvalue weighted by atomic mass is 10.1. The van der Waals surface area contributed by atoms with E-state index in [1.807, 2.05) is 12.1 Å². The van der Waals surface area contributed by atoms with Crippen LogP contribution < -0.4 is 27.2 Å². The molecule has 0 aromatic heterocycles. The van der Waals surface area contributed by atoms with Gasteiger partial charge in [-0.05, 0) is 44.0 Å². The van der Waals surface area contributed by atoms with Gasteiger partial charge in [0.15, 0.2) is 11.5 Å². The Labute approximate surface area is 143 Å². The van der Waals surface area contributed by atoms with E-state index in [9.17, 15) is 4.79 Å². The number of carbonyl (C=O) groups excluding carboxylic acids is 1. The Bertz CT molecular complexity index is 545. The molecule has 0 radical (unpaired) electrons. The standard InChI is InChI=1S/C17H24N2O3.ClH/c1-2-13-10-15-16(22-9-8-21-15)11-14(13)18-17(20)12-19-6-4-3-5-7-19;/h10-11H,2-9,12H2,1H3,(H,18,20);1H/p-1. The molecule has 0 unspecified atom stereocenters. The summed E-state index contributed by atoms with van der Waals surface area (Å²) in [5.74, 6) is 1.54. The number of ether oxygens (including phenoxy) is 2. The molecule has 128 valence electrons. The lowest BCUT2D eigenvalue weighted by molar-refractivity contribution is -0.117. The molecule has 1 aromatic carbocycles. The number of fused-ring (bicyclic) bond motifs is 1. The van der Waals surface area contributed by atoms with E-state index in [0.717, 1.165) is 42.3 Å². The van der Waals surface area contributed by atoms with Crippen molar-refractivity contribution >= 4 is 11.6 Å². The second-order valence-electron chi connectivity index (χ2n) is 5.89. The Hall–Kier alpha value is -1.46. The summed E-state index contributed by atoms with van der Waals surface area (Å²) >= 11 is 0. The number of aryl methyl sites for hydroxylation is 1. The van der Waals surface area contributed by atoms with Crippen LogP contribution in [0.4, 0.5) is 5.69 Å². The van der Waals surface area contributed by atoms with Crippen LogP contribution >= 0.6 is 0 Å². The highest BCUT2D eigenvalue weighted by Gasteiger charge is 2.18. The Morgan fingerprint density at radius 1 is 1.13 bits per heavy atom. The fourth-order valence-corrected chi connectivity index (χ4v) is 3.05. The fourth-order valence-electron chi connectivity index (χ4n) is 3.05. The van der Waals surface area contributed by atoms with Gasteiger partial charge in [-0.25, -0.2) is 0 Å². The van der Waals surface area contributed by atoms with Crippen molar-refractivity contribution in [2.75, 3.05) is 38.2 Å². The Balaban J connectivity index is 0.00000192. The first-order valence-electron chi connectivity index (χ1n) is 8.21. The number of rotatable bonds is 4. The number of piperidine rings is 1. The van der Waals surface area contributed by atoms with Gasteiger partial charge in [0.25, 0.3) is 0 Å². The van der Waals surface area contributed by atoms with Crippen molar-refractivity contribution < 1.29 is 26.7 Å². The van der Waals surface area contributed by atoms with E-state index >= 15 is 0 Å². The summed E-state index contributed by atoms with van der Waals surface area (Å²) in [5.41, 5.74) is 1.92. The summed E-state index contributed by atoms with van der Waals surface area (Å²) < 4.78 is 11.2. The first-order valence-corrected chi connectivity index (χ1v) is 8.21. The lowest BCUT2D eigenvalue weighted by Crippen LogP contribution is -3.00. The van der Waals surface area contributed by atoms with Gasteiger partial charge >= 0.3 is 0 Å². The highest BCUT2D eigenvalue weighted by atomic mass is 35.5. The van der Waals surface area contributed by atoms with Gasteiger partial charge < -0.3 is 27.2 Å². The number of carbonyl (C=O) groups is 1. The lowest BCUT2D eigenvalue weighted by Gasteiger charge is -2.26. The highest BCUT2D eigenvalue weighted by molar-refractivity contribution is 5.93.